The predicted molar refractivity (Wildman–Crippen MR) is 123 cm³/mol. The number of ketones is 1. The molecule has 7 nitrogen and oxygen atoms in total. The summed E-state index contributed by atoms with van der Waals surface area (Å²) in [6, 6.07) is 16.9. The molecule has 8 heteroatoms. The van der Waals surface area contributed by atoms with Crippen LogP contribution in [-0.2, 0) is 14.8 Å². The fraction of sp³-hybridized carbons (Fsp3) is 0.458. The fourth-order valence-electron chi connectivity index (χ4n) is 4.38. The zero-order chi connectivity index (χ0) is 22.4. The van der Waals surface area contributed by atoms with E-state index in [1.54, 1.807) is 18.2 Å². The van der Waals surface area contributed by atoms with Crippen molar-refractivity contribution in [1.82, 2.24) is 14.5 Å². The number of hydrogen-bond acceptors (Lipinski definition) is 6. The highest BCUT2D eigenvalue weighted by molar-refractivity contribution is 7.89. The molecule has 0 bridgehead atoms. The van der Waals surface area contributed by atoms with Crippen molar-refractivity contribution in [3.63, 3.8) is 0 Å². The Hall–Kier alpha value is -2.10. The van der Waals surface area contributed by atoms with Crippen LogP contribution in [0.5, 0.6) is 0 Å². The molecule has 0 amide bonds. The van der Waals surface area contributed by atoms with Crippen LogP contribution in [0, 0.1) is 0 Å². The van der Waals surface area contributed by atoms with Gasteiger partial charge >= 0.3 is 0 Å². The zero-order valence-electron chi connectivity index (χ0n) is 18.3. The Morgan fingerprint density at radius 3 is 2.41 bits per heavy atom. The molecule has 4 rings (SSSR count). The summed E-state index contributed by atoms with van der Waals surface area (Å²) in [5.74, 6) is -0.114. The van der Waals surface area contributed by atoms with Gasteiger partial charge in [0.1, 0.15) is 0 Å². The van der Waals surface area contributed by atoms with E-state index in [-0.39, 0.29) is 23.3 Å². The van der Waals surface area contributed by atoms with Crippen molar-refractivity contribution in [1.29, 1.82) is 0 Å². The molecule has 2 aromatic carbocycles. The van der Waals surface area contributed by atoms with E-state index in [9.17, 15) is 13.2 Å². The number of likely N-dealkylation sites (tertiary alicyclic amines) is 1. The van der Waals surface area contributed by atoms with Gasteiger partial charge in [0.15, 0.2) is 5.78 Å². The molecule has 0 aliphatic carbocycles. The van der Waals surface area contributed by atoms with Crippen LogP contribution in [0.3, 0.4) is 0 Å². The molecule has 1 atom stereocenters. The fourth-order valence-corrected chi connectivity index (χ4v) is 5.83. The number of nitrogens with zero attached hydrogens (tertiary/aromatic N) is 2. The molecule has 0 aromatic heterocycles. The van der Waals surface area contributed by atoms with Crippen molar-refractivity contribution in [3.8, 4) is 0 Å². The summed E-state index contributed by atoms with van der Waals surface area (Å²) in [5, 5.41) is 3.31. The molecular weight excluding hydrogens is 426 g/mol. The molecule has 0 spiro atoms. The van der Waals surface area contributed by atoms with Gasteiger partial charge in [0.2, 0.25) is 10.0 Å². The molecule has 2 aliphatic heterocycles. The summed E-state index contributed by atoms with van der Waals surface area (Å²) in [4.78, 5) is 15.5. The van der Waals surface area contributed by atoms with Crippen LogP contribution >= 0.6 is 0 Å². The third kappa shape index (κ3) is 5.44. The minimum Gasteiger partial charge on any atom is -0.379 e. The number of carbonyl (C=O) groups is 1. The number of nitrogens with one attached hydrogen (secondary N) is 1. The third-order valence-electron chi connectivity index (χ3n) is 6.15. The summed E-state index contributed by atoms with van der Waals surface area (Å²) in [6.07, 6.45) is 2.40. The van der Waals surface area contributed by atoms with Crippen LogP contribution in [0.15, 0.2) is 59.5 Å². The second-order valence-electron chi connectivity index (χ2n) is 8.27. The molecule has 2 aliphatic rings. The van der Waals surface area contributed by atoms with E-state index in [0.29, 0.717) is 38.4 Å². The molecule has 0 radical (unpaired) electrons. The predicted octanol–water partition coefficient (Wildman–Crippen LogP) is 2.32. The van der Waals surface area contributed by atoms with E-state index >= 15 is 0 Å². The van der Waals surface area contributed by atoms with Gasteiger partial charge < -0.3 is 10.1 Å². The van der Waals surface area contributed by atoms with Gasteiger partial charge in [0.05, 0.1) is 24.7 Å². The van der Waals surface area contributed by atoms with E-state index < -0.39 is 10.0 Å². The Bertz CT molecular complexity index is 1000. The van der Waals surface area contributed by atoms with Crippen LogP contribution in [0.1, 0.15) is 34.8 Å². The van der Waals surface area contributed by atoms with E-state index in [1.165, 1.54) is 28.8 Å². The van der Waals surface area contributed by atoms with Crippen molar-refractivity contribution in [2.24, 2.45) is 0 Å². The number of benzene rings is 2. The minimum absolute atomic E-state index is 0.114. The van der Waals surface area contributed by atoms with Gasteiger partial charge in [-0.05, 0) is 43.6 Å². The molecule has 2 aromatic rings. The number of carbonyl (C=O) groups excluding carboxylic acids is 1. The smallest absolute Gasteiger partial charge is 0.243 e. The summed E-state index contributed by atoms with van der Waals surface area (Å²) in [5.41, 5.74) is 1.65. The number of morpholine rings is 1. The number of Topliss-reactive ketones (excluding diaryl/α,β-unsaturated/α-hetero) is 1. The summed E-state index contributed by atoms with van der Waals surface area (Å²) in [7, 11) is -3.63. The molecule has 32 heavy (non-hydrogen) atoms. The number of hydrogen-bond donors (Lipinski definition) is 1. The lowest BCUT2D eigenvalue weighted by Crippen LogP contribution is -2.40. The first-order valence-corrected chi connectivity index (χ1v) is 12.7. The minimum atomic E-state index is -3.63. The summed E-state index contributed by atoms with van der Waals surface area (Å²) >= 11 is 0. The van der Waals surface area contributed by atoms with E-state index in [0.717, 1.165) is 13.1 Å². The number of rotatable bonds is 9. The average molecular weight is 458 g/mol. The Kier molecular flexibility index (Phi) is 7.70. The summed E-state index contributed by atoms with van der Waals surface area (Å²) < 4.78 is 32.5. The Morgan fingerprint density at radius 1 is 0.969 bits per heavy atom. The van der Waals surface area contributed by atoms with Gasteiger partial charge in [-0.3, -0.25) is 9.69 Å². The molecule has 1 N–H and O–H groups in total. The van der Waals surface area contributed by atoms with Crippen molar-refractivity contribution in [3.05, 3.63) is 65.7 Å². The topological polar surface area (TPSA) is 79.0 Å². The van der Waals surface area contributed by atoms with Crippen molar-refractivity contribution in [2.75, 3.05) is 52.5 Å². The van der Waals surface area contributed by atoms with Crippen LogP contribution < -0.4 is 5.32 Å². The molecule has 2 fully saturated rings. The Labute approximate surface area is 190 Å². The maximum absolute atomic E-state index is 12.9. The van der Waals surface area contributed by atoms with Crippen LogP contribution in [0.2, 0.25) is 0 Å². The van der Waals surface area contributed by atoms with Gasteiger partial charge in [-0.1, -0.05) is 42.5 Å². The first-order chi connectivity index (χ1) is 15.6. The summed E-state index contributed by atoms with van der Waals surface area (Å²) in [6.45, 7) is 4.41. The normalized spacial score (nSPS) is 19.1. The van der Waals surface area contributed by atoms with Crippen LogP contribution in [0.4, 0.5) is 0 Å². The molecule has 1 unspecified atom stereocenters. The number of sulfonamides is 1. The lowest BCUT2D eigenvalue weighted by atomic mass is 10.1. The van der Waals surface area contributed by atoms with E-state index in [2.05, 4.69) is 22.3 Å². The Morgan fingerprint density at radius 2 is 1.69 bits per heavy atom. The van der Waals surface area contributed by atoms with Crippen LogP contribution in [0.25, 0.3) is 0 Å². The van der Waals surface area contributed by atoms with Crippen molar-refractivity contribution in [2.45, 2.75) is 23.8 Å². The highest BCUT2D eigenvalue weighted by Crippen LogP contribution is 2.24. The first kappa shape index (κ1) is 23.1. The quantitative estimate of drug-likeness (QED) is 0.583. The highest BCUT2D eigenvalue weighted by atomic mass is 32.2. The zero-order valence-corrected chi connectivity index (χ0v) is 19.1. The molecular formula is C24H31N3O4S. The van der Waals surface area contributed by atoms with Gasteiger partial charge in [-0.25, -0.2) is 8.42 Å². The maximum atomic E-state index is 12.9. The largest absolute Gasteiger partial charge is 0.379 e. The van der Waals surface area contributed by atoms with Crippen LogP contribution in [-0.4, -0.2) is 75.9 Å². The molecule has 2 saturated heterocycles. The van der Waals surface area contributed by atoms with Crippen molar-refractivity contribution >= 4 is 15.8 Å². The molecule has 0 saturated carbocycles. The van der Waals surface area contributed by atoms with Gasteiger partial charge in [0.25, 0.3) is 0 Å². The standard InChI is InChI=1S/C24H31N3O4S/c28-24(19-25-18-23(26-11-4-5-12-26)20-7-2-1-3-8-20)21-9-6-10-22(17-21)32(29,30)27-13-15-31-16-14-27/h1-3,6-10,17,23,25H,4-5,11-16,18-19H2. The van der Waals surface area contributed by atoms with E-state index in [1.807, 2.05) is 18.2 Å². The third-order valence-corrected chi connectivity index (χ3v) is 8.05. The highest BCUT2D eigenvalue weighted by Gasteiger charge is 2.27. The number of ether oxygens (including phenoxy) is 1. The first-order valence-electron chi connectivity index (χ1n) is 11.3. The molecule has 2 heterocycles. The Balaban J connectivity index is 1.40. The van der Waals surface area contributed by atoms with Gasteiger partial charge in [-0.15, -0.1) is 0 Å². The second-order valence-corrected chi connectivity index (χ2v) is 10.2. The SMILES string of the molecule is O=C(CNCC(c1ccccc1)N1CCCC1)c1cccc(S(=O)(=O)N2CCOCC2)c1. The maximum Gasteiger partial charge on any atom is 0.243 e. The lowest BCUT2D eigenvalue weighted by molar-refractivity contribution is 0.0730. The lowest BCUT2D eigenvalue weighted by Gasteiger charge is -2.28. The van der Waals surface area contributed by atoms with Gasteiger partial charge in [0, 0.05) is 31.2 Å². The monoisotopic (exact) mass is 457 g/mol. The van der Waals surface area contributed by atoms with E-state index in [4.69, 9.17) is 4.74 Å². The van der Waals surface area contributed by atoms with Crippen molar-refractivity contribution < 1.29 is 17.9 Å². The molecule has 172 valence electrons. The second kappa shape index (κ2) is 10.7. The van der Waals surface area contributed by atoms with Gasteiger partial charge in [-0.2, -0.15) is 4.31 Å². The average Bonchev–Trinajstić information content (AvgIpc) is 3.37.